The second kappa shape index (κ2) is 5.00. The van der Waals surface area contributed by atoms with E-state index in [9.17, 15) is 9.59 Å². The maximum absolute atomic E-state index is 11.9. The molecule has 1 aromatic rings. The molecule has 0 aliphatic heterocycles. The Labute approximate surface area is 105 Å². The van der Waals surface area contributed by atoms with Gasteiger partial charge in [0.05, 0.1) is 11.5 Å². The Morgan fingerprint density at radius 1 is 1.39 bits per heavy atom. The van der Waals surface area contributed by atoms with Crippen molar-refractivity contribution >= 4 is 11.9 Å². The Morgan fingerprint density at radius 2 is 2.17 bits per heavy atom. The van der Waals surface area contributed by atoms with Crippen molar-refractivity contribution in [2.75, 3.05) is 0 Å². The van der Waals surface area contributed by atoms with Gasteiger partial charge in [-0.25, -0.2) is 0 Å². The van der Waals surface area contributed by atoms with Gasteiger partial charge in [0, 0.05) is 18.4 Å². The minimum Gasteiger partial charge on any atom is -0.481 e. The number of amides is 1. The Morgan fingerprint density at radius 3 is 2.78 bits per heavy atom. The van der Waals surface area contributed by atoms with Gasteiger partial charge in [-0.3, -0.25) is 14.6 Å². The van der Waals surface area contributed by atoms with Crippen LogP contribution in [0.1, 0.15) is 22.3 Å². The molecule has 1 aliphatic carbocycles. The fourth-order valence-corrected chi connectivity index (χ4v) is 1.92. The van der Waals surface area contributed by atoms with Crippen LogP contribution in [0.5, 0.6) is 0 Å². The second-order valence-corrected chi connectivity index (χ2v) is 4.40. The van der Waals surface area contributed by atoms with Gasteiger partial charge >= 0.3 is 5.97 Å². The number of nitrogens with one attached hydrogen (secondary N) is 1. The summed E-state index contributed by atoms with van der Waals surface area (Å²) in [5.74, 6) is -1.60. The van der Waals surface area contributed by atoms with Gasteiger partial charge in [0.25, 0.3) is 5.91 Å². The molecule has 2 rings (SSSR count). The van der Waals surface area contributed by atoms with Crippen LogP contribution in [-0.2, 0) is 4.79 Å². The van der Waals surface area contributed by atoms with E-state index in [4.69, 9.17) is 5.11 Å². The second-order valence-electron chi connectivity index (χ2n) is 4.40. The van der Waals surface area contributed by atoms with Gasteiger partial charge in [-0.15, -0.1) is 0 Å². The number of carbonyl (C=O) groups is 2. The van der Waals surface area contributed by atoms with E-state index in [1.54, 1.807) is 24.4 Å². The fraction of sp³-hybridized carbons (Fsp3) is 0.308. The van der Waals surface area contributed by atoms with Gasteiger partial charge in [-0.2, -0.15) is 0 Å². The molecule has 1 aliphatic rings. The molecule has 2 N–H and O–H groups in total. The predicted molar refractivity (Wildman–Crippen MR) is 65.1 cm³/mol. The van der Waals surface area contributed by atoms with Crippen LogP contribution < -0.4 is 5.32 Å². The molecule has 0 fully saturated rings. The van der Waals surface area contributed by atoms with Crippen molar-refractivity contribution in [1.29, 1.82) is 0 Å². The predicted octanol–water partition coefficient (Wildman–Crippen LogP) is 1.15. The maximum Gasteiger partial charge on any atom is 0.310 e. The highest BCUT2D eigenvalue weighted by molar-refractivity contribution is 5.94. The first-order chi connectivity index (χ1) is 8.56. The molecular formula is C13H14N2O3. The molecule has 94 valence electrons. The van der Waals surface area contributed by atoms with Gasteiger partial charge in [-0.1, -0.05) is 12.2 Å². The summed E-state index contributed by atoms with van der Waals surface area (Å²) in [6.45, 7) is 1.86. The SMILES string of the molecule is Cc1cncc(C(=O)NC2C=CC(C(=O)O)C2)c1. The van der Waals surface area contributed by atoms with Crippen LogP contribution in [0.25, 0.3) is 0 Å². The van der Waals surface area contributed by atoms with E-state index < -0.39 is 11.9 Å². The number of carboxylic acids is 1. The number of aryl methyl sites for hydroxylation is 1. The van der Waals surface area contributed by atoms with Crippen LogP contribution in [0, 0.1) is 12.8 Å². The summed E-state index contributed by atoms with van der Waals surface area (Å²) in [5, 5.41) is 11.6. The summed E-state index contributed by atoms with van der Waals surface area (Å²) in [6, 6.07) is 1.52. The first-order valence-corrected chi connectivity index (χ1v) is 5.70. The van der Waals surface area contributed by atoms with E-state index in [0.29, 0.717) is 12.0 Å². The monoisotopic (exact) mass is 246 g/mol. The Kier molecular flexibility index (Phi) is 3.41. The topological polar surface area (TPSA) is 79.3 Å². The highest BCUT2D eigenvalue weighted by Gasteiger charge is 2.25. The number of nitrogens with zero attached hydrogens (tertiary/aromatic N) is 1. The number of hydrogen-bond acceptors (Lipinski definition) is 3. The average Bonchev–Trinajstić information content (AvgIpc) is 2.77. The lowest BCUT2D eigenvalue weighted by atomic mass is 10.1. The molecule has 18 heavy (non-hydrogen) atoms. The standard InChI is InChI=1S/C13H14N2O3/c1-8-4-10(7-14-6-8)12(16)15-11-3-2-9(5-11)13(17)18/h2-4,6-7,9,11H,5H2,1H3,(H,15,16)(H,17,18). The number of aliphatic carboxylic acids is 1. The van der Waals surface area contributed by atoms with Gasteiger partial charge in [0.15, 0.2) is 0 Å². The summed E-state index contributed by atoms with van der Waals surface area (Å²) >= 11 is 0. The van der Waals surface area contributed by atoms with Gasteiger partial charge < -0.3 is 10.4 Å². The zero-order valence-corrected chi connectivity index (χ0v) is 9.96. The molecule has 1 amide bonds. The normalized spacial score (nSPS) is 21.8. The van der Waals surface area contributed by atoms with E-state index in [1.807, 2.05) is 6.92 Å². The number of pyridine rings is 1. The molecule has 1 heterocycles. The quantitative estimate of drug-likeness (QED) is 0.784. The van der Waals surface area contributed by atoms with E-state index in [0.717, 1.165) is 5.56 Å². The number of aromatic nitrogens is 1. The van der Waals surface area contributed by atoms with Crippen molar-refractivity contribution in [3.05, 3.63) is 41.7 Å². The highest BCUT2D eigenvalue weighted by Crippen LogP contribution is 2.18. The Bertz CT molecular complexity index is 511. The highest BCUT2D eigenvalue weighted by atomic mass is 16.4. The van der Waals surface area contributed by atoms with Crippen LogP contribution in [0.3, 0.4) is 0 Å². The fourth-order valence-electron chi connectivity index (χ4n) is 1.92. The van der Waals surface area contributed by atoms with Crippen LogP contribution in [0.4, 0.5) is 0 Å². The van der Waals surface area contributed by atoms with Crippen LogP contribution in [0.2, 0.25) is 0 Å². The molecule has 5 heteroatoms. The molecule has 0 spiro atoms. The summed E-state index contributed by atoms with van der Waals surface area (Å²) < 4.78 is 0. The third-order valence-corrected chi connectivity index (χ3v) is 2.85. The van der Waals surface area contributed by atoms with E-state index in [-0.39, 0.29) is 11.9 Å². The zero-order valence-electron chi connectivity index (χ0n) is 9.96. The molecular weight excluding hydrogens is 232 g/mol. The number of hydrogen-bond donors (Lipinski definition) is 2. The number of carbonyl (C=O) groups excluding carboxylic acids is 1. The van der Waals surface area contributed by atoms with Crippen LogP contribution in [-0.4, -0.2) is 28.0 Å². The Hall–Kier alpha value is -2.17. The smallest absolute Gasteiger partial charge is 0.310 e. The number of carboxylic acid groups (broad SMARTS) is 1. The van der Waals surface area contributed by atoms with Gasteiger partial charge in [-0.05, 0) is 25.0 Å². The lowest BCUT2D eigenvalue weighted by Crippen LogP contribution is -2.33. The molecule has 2 atom stereocenters. The summed E-state index contributed by atoms with van der Waals surface area (Å²) in [5.41, 5.74) is 1.40. The van der Waals surface area contributed by atoms with Crippen molar-refractivity contribution in [3.63, 3.8) is 0 Å². The summed E-state index contributed by atoms with van der Waals surface area (Å²) in [7, 11) is 0. The molecule has 0 radical (unpaired) electrons. The van der Waals surface area contributed by atoms with Crippen molar-refractivity contribution in [3.8, 4) is 0 Å². The lowest BCUT2D eigenvalue weighted by molar-refractivity contribution is -0.140. The average molecular weight is 246 g/mol. The van der Waals surface area contributed by atoms with Crippen molar-refractivity contribution in [1.82, 2.24) is 10.3 Å². The zero-order chi connectivity index (χ0) is 13.1. The van der Waals surface area contributed by atoms with Crippen LogP contribution >= 0.6 is 0 Å². The van der Waals surface area contributed by atoms with Crippen molar-refractivity contribution < 1.29 is 14.7 Å². The van der Waals surface area contributed by atoms with Crippen molar-refractivity contribution in [2.24, 2.45) is 5.92 Å². The van der Waals surface area contributed by atoms with E-state index in [2.05, 4.69) is 10.3 Å². The lowest BCUT2D eigenvalue weighted by Gasteiger charge is -2.12. The molecule has 1 aromatic heterocycles. The minimum absolute atomic E-state index is 0.223. The Balaban J connectivity index is 1.97. The first kappa shape index (κ1) is 12.3. The van der Waals surface area contributed by atoms with Crippen LogP contribution in [0.15, 0.2) is 30.6 Å². The molecule has 0 bridgehead atoms. The minimum atomic E-state index is -0.861. The molecule has 5 nitrogen and oxygen atoms in total. The largest absolute Gasteiger partial charge is 0.481 e. The van der Waals surface area contributed by atoms with E-state index in [1.165, 1.54) is 6.20 Å². The summed E-state index contributed by atoms with van der Waals surface area (Å²) in [4.78, 5) is 26.6. The first-order valence-electron chi connectivity index (χ1n) is 5.70. The van der Waals surface area contributed by atoms with E-state index >= 15 is 0 Å². The van der Waals surface area contributed by atoms with Gasteiger partial charge in [0.2, 0.25) is 0 Å². The number of rotatable bonds is 3. The molecule has 2 unspecified atom stereocenters. The molecule has 0 saturated heterocycles. The van der Waals surface area contributed by atoms with Crippen molar-refractivity contribution in [2.45, 2.75) is 19.4 Å². The molecule has 0 saturated carbocycles. The third-order valence-electron chi connectivity index (χ3n) is 2.85. The van der Waals surface area contributed by atoms with Gasteiger partial charge in [0.1, 0.15) is 0 Å². The summed E-state index contributed by atoms with van der Waals surface area (Å²) in [6.07, 6.45) is 6.91. The third kappa shape index (κ3) is 2.74. The molecule has 0 aromatic carbocycles. The maximum atomic E-state index is 11.9.